The maximum absolute atomic E-state index is 13.7. The van der Waals surface area contributed by atoms with Gasteiger partial charge in [-0.3, -0.25) is 18.9 Å². The summed E-state index contributed by atoms with van der Waals surface area (Å²) in [6.07, 6.45) is 5.28. The number of fused-ring (bicyclic) bond motifs is 1. The van der Waals surface area contributed by atoms with Gasteiger partial charge >= 0.3 is 5.69 Å². The lowest BCUT2D eigenvalue weighted by Crippen LogP contribution is -2.39. The molecule has 0 bridgehead atoms. The number of hydrogen-bond donors (Lipinski definition) is 0. The van der Waals surface area contributed by atoms with Crippen molar-refractivity contribution in [2.75, 3.05) is 13.1 Å². The Morgan fingerprint density at radius 2 is 1.90 bits per heavy atom. The summed E-state index contributed by atoms with van der Waals surface area (Å²) in [6.45, 7) is 5.25. The Balaban J connectivity index is 2.06. The molecule has 0 amide bonds. The van der Waals surface area contributed by atoms with Crippen LogP contribution < -0.4 is 11.2 Å². The van der Waals surface area contributed by atoms with E-state index in [0.29, 0.717) is 35.8 Å². The molecule has 3 aromatic heterocycles. The van der Waals surface area contributed by atoms with E-state index in [1.807, 2.05) is 19.9 Å². The molecule has 0 unspecified atom stereocenters. The molecular weight excluding hydrogens is 436 g/mol. The van der Waals surface area contributed by atoms with Crippen molar-refractivity contribution in [2.24, 2.45) is 13.0 Å². The Morgan fingerprint density at radius 1 is 1.19 bits per heavy atom. The zero-order valence-electron chi connectivity index (χ0n) is 17.9. The maximum atomic E-state index is 13.7. The van der Waals surface area contributed by atoms with Crippen LogP contribution in [0.3, 0.4) is 0 Å². The van der Waals surface area contributed by atoms with Crippen LogP contribution in [0.1, 0.15) is 37.1 Å². The van der Waals surface area contributed by atoms with Crippen molar-refractivity contribution in [3.8, 4) is 0 Å². The van der Waals surface area contributed by atoms with Crippen LogP contribution in [-0.2, 0) is 30.0 Å². The minimum atomic E-state index is -3.88. The van der Waals surface area contributed by atoms with E-state index in [0.717, 1.165) is 23.0 Å². The summed E-state index contributed by atoms with van der Waals surface area (Å²) in [5, 5.41) is 0.124. The fourth-order valence-corrected chi connectivity index (χ4v) is 7.54. The van der Waals surface area contributed by atoms with E-state index >= 15 is 0 Å². The highest BCUT2D eigenvalue weighted by Crippen LogP contribution is 2.36. The number of thiophene rings is 1. The van der Waals surface area contributed by atoms with E-state index in [1.165, 1.54) is 22.7 Å². The van der Waals surface area contributed by atoms with Gasteiger partial charge in [0.25, 0.3) is 5.56 Å². The van der Waals surface area contributed by atoms with Gasteiger partial charge in [0.1, 0.15) is 9.73 Å². The van der Waals surface area contributed by atoms with E-state index in [9.17, 15) is 18.0 Å². The van der Waals surface area contributed by atoms with Gasteiger partial charge in [-0.1, -0.05) is 19.9 Å². The first kappa shape index (κ1) is 21.9. The van der Waals surface area contributed by atoms with Gasteiger partial charge in [-0.2, -0.15) is 4.31 Å². The summed E-state index contributed by atoms with van der Waals surface area (Å²) in [7, 11) is -2.47. The SMILES string of the molecule is CC(C)Cn1c(=O)n(C)c(=O)c2c(S(=O)(=O)N3CCCC3)c(Cc3cccnc3)sc21. The smallest absolute Gasteiger partial charge is 0.284 e. The van der Waals surface area contributed by atoms with Crippen molar-refractivity contribution in [3.63, 3.8) is 0 Å². The van der Waals surface area contributed by atoms with Crippen LogP contribution in [0.4, 0.5) is 0 Å². The molecule has 0 spiro atoms. The van der Waals surface area contributed by atoms with Crippen LogP contribution in [0.5, 0.6) is 0 Å². The van der Waals surface area contributed by atoms with Crippen LogP contribution in [0.2, 0.25) is 0 Å². The molecule has 1 aliphatic rings. The molecule has 1 aliphatic heterocycles. The summed E-state index contributed by atoms with van der Waals surface area (Å²) in [6, 6.07) is 3.67. The first-order valence-electron chi connectivity index (χ1n) is 10.4. The van der Waals surface area contributed by atoms with Crippen LogP contribution in [0.15, 0.2) is 39.0 Å². The summed E-state index contributed by atoms with van der Waals surface area (Å²) < 4.78 is 31.4. The average molecular weight is 463 g/mol. The highest BCUT2D eigenvalue weighted by molar-refractivity contribution is 7.89. The van der Waals surface area contributed by atoms with Gasteiger partial charge in [0, 0.05) is 50.4 Å². The Kier molecular flexibility index (Phi) is 5.89. The van der Waals surface area contributed by atoms with Gasteiger partial charge in [-0.25, -0.2) is 13.2 Å². The van der Waals surface area contributed by atoms with Gasteiger partial charge in [-0.15, -0.1) is 11.3 Å². The fourth-order valence-electron chi connectivity index (χ4n) is 4.01. The average Bonchev–Trinajstić information content (AvgIpc) is 3.39. The zero-order valence-corrected chi connectivity index (χ0v) is 19.5. The fraction of sp³-hybridized carbons (Fsp3) is 0.476. The third-order valence-electron chi connectivity index (χ3n) is 5.49. The zero-order chi connectivity index (χ0) is 22.3. The second-order valence-corrected chi connectivity index (χ2v) is 11.3. The molecule has 0 aromatic carbocycles. The summed E-state index contributed by atoms with van der Waals surface area (Å²) in [5.41, 5.74) is -0.140. The van der Waals surface area contributed by atoms with Gasteiger partial charge < -0.3 is 0 Å². The summed E-state index contributed by atoms with van der Waals surface area (Å²) >= 11 is 1.23. The molecule has 0 N–H and O–H groups in total. The highest BCUT2D eigenvalue weighted by atomic mass is 32.2. The van der Waals surface area contributed by atoms with E-state index in [2.05, 4.69) is 4.98 Å². The van der Waals surface area contributed by atoms with Crippen LogP contribution in [0.25, 0.3) is 10.2 Å². The van der Waals surface area contributed by atoms with Gasteiger partial charge in [0.2, 0.25) is 10.0 Å². The van der Waals surface area contributed by atoms with Crippen LogP contribution in [0, 0.1) is 5.92 Å². The Hall–Kier alpha value is -2.30. The van der Waals surface area contributed by atoms with E-state index in [-0.39, 0.29) is 16.2 Å². The molecule has 4 heterocycles. The van der Waals surface area contributed by atoms with Crippen LogP contribution in [-0.4, -0.2) is 39.9 Å². The molecule has 1 saturated heterocycles. The normalized spacial score (nSPS) is 15.4. The third-order valence-corrected chi connectivity index (χ3v) is 8.85. The third kappa shape index (κ3) is 3.88. The molecule has 8 nitrogen and oxygen atoms in total. The van der Waals surface area contributed by atoms with Gasteiger partial charge in [0.15, 0.2) is 0 Å². The lowest BCUT2D eigenvalue weighted by Gasteiger charge is -2.17. The van der Waals surface area contributed by atoms with Crippen molar-refractivity contribution < 1.29 is 8.42 Å². The highest BCUT2D eigenvalue weighted by Gasteiger charge is 2.35. The summed E-state index contributed by atoms with van der Waals surface area (Å²) in [4.78, 5) is 31.3. The topological polar surface area (TPSA) is 94.3 Å². The molecule has 0 aliphatic carbocycles. The lowest BCUT2D eigenvalue weighted by molar-refractivity contribution is 0.477. The van der Waals surface area contributed by atoms with Crippen molar-refractivity contribution in [3.05, 3.63) is 55.8 Å². The quantitative estimate of drug-likeness (QED) is 0.560. The Bertz CT molecular complexity index is 1330. The standard InChI is InChI=1S/C21H26N4O4S2/c1-14(2)13-25-20-17(19(26)23(3)21(25)27)18(31(28,29)24-9-4-5-10-24)16(30-20)11-15-7-6-8-22-12-15/h6-8,12,14H,4-5,9-11,13H2,1-3H3. The molecule has 3 aromatic rings. The molecule has 166 valence electrons. The molecule has 0 saturated carbocycles. The van der Waals surface area contributed by atoms with Crippen molar-refractivity contribution in [2.45, 2.75) is 44.6 Å². The molecule has 1 fully saturated rings. The molecule has 0 atom stereocenters. The predicted octanol–water partition coefficient (Wildman–Crippen LogP) is 2.19. The number of rotatable bonds is 6. The molecule has 4 rings (SSSR count). The number of pyridine rings is 1. The molecule has 0 radical (unpaired) electrons. The number of nitrogens with zero attached hydrogens (tertiary/aromatic N) is 4. The second-order valence-electron chi connectivity index (χ2n) is 8.33. The number of aromatic nitrogens is 3. The van der Waals surface area contributed by atoms with Crippen molar-refractivity contribution in [1.29, 1.82) is 0 Å². The molecule has 31 heavy (non-hydrogen) atoms. The first-order chi connectivity index (χ1) is 14.7. The largest absolute Gasteiger partial charge is 0.331 e. The number of sulfonamides is 1. The van der Waals surface area contributed by atoms with Crippen molar-refractivity contribution in [1.82, 2.24) is 18.4 Å². The lowest BCUT2D eigenvalue weighted by atomic mass is 10.2. The van der Waals surface area contributed by atoms with E-state index < -0.39 is 21.3 Å². The van der Waals surface area contributed by atoms with Gasteiger partial charge in [-0.05, 0) is 30.4 Å². The Labute approximate surface area is 184 Å². The second kappa shape index (κ2) is 8.33. The van der Waals surface area contributed by atoms with Crippen LogP contribution >= 0.6 is 11.3 Å². The van der Waals surface area contributed by atoms with Gasteiger partial charge in [0.05, 0.1) is 5.39 Å². The minimum Gasteiger partial charge on any atom is -0.284 e. The van der Waals surface area contributed by atoms with E-state index in [4.69, 9.17) is 0 Å². The number of hydrogen-bond acceptors (Lipinski definition) is 6. The predicted molar refractivity (Wildman–Crippen MR) is 121 cm³/mol. The first-order valence-corrected chi connectivity index (χ1v) is 12.6. The van der Waals surface area contributed by atoms with Crippen molar-refractivity contribution >= 4 is 31.6 Å². The molecule has 10 heteroatoms. The monoisotopic (exact) mass is 462 g/mol. The minimum absolute atomic E-state index is 0.0522. The summed E-state index contributed by atoms with van der Waals surface area (Å²) in [5.74, 6) is 0.154. The molecular formula is C21H26N4O4S2. The van der Waals surface area contributed by atoms with E-state index in [1.54, 1.807) is 23.0 Å². The Morgan fingerprint density at radius 3 is 2.52 bits per heavy atom. The maximum Gasteiger partial charge on any atom is 0.331 e.